The number of aryl methyl sites for hydroxylation is 1. The van der Waals surface area contributed by atoms with E-state index in [0.29, 0.717) is 5.75 Å². The van der Waals surface area contributed by atoms with Crippen LogP contribution in [-0.2, 0) is 11.2 Å². The van der Waals surface area contributed by atoms with Gasteiger partial charge in [0.05, 0.1) is 5.92 Å². The summed E-state index contributed by atoms with van der Waals surface area (Å²) in [7, 11) is 0. The molecule has 1 aliphatic rings. The summed E-state index contributed by atoms with van der Waals surface area (Å²) in [6.07, 6.45) is 14.5. The Morgan fingerprint density at radius 2 is 1.96 bits per heavy atom. The summed E-state index contributed by atoms with van der Waals surface area (Å²) >= 11 is 0. The van der Waals surface area contributed by atoms with Gasteiger partial charge in [0.1, 0.15) is 5.75 Å². The quantitative estimate of drug-likeness (QED) is 0.311. The van der Waals surface area contributed by atoms with Gasteiger partial charge in [-0.2, -0.15) is 0 Å². The van der Waals surface area contributed by atoms with E-state index >= 15 is 0 Å². The Kier molecular flexibility index (Phi) is 8.07. The highest BCUT2D eigenvalue weighted by Crippen LogP contribution is 2.23. The molecule has 132 valence electrons. The number of ether oxygens (including phenoxy) is 1. The van der Waals surface area contributed by atoms with Crippen LogP contribution in [0.2, 0.25) is 0 Å². The van der Waals surface area contributed by atoms with Crippen LogP contribution < -0.4 is 4.74 Å². The van der Waals surface area contributed by atoms with Crippen LogP contribution in [0.15, 0.2) is 36.4 Å². The van der Waals surface area contributed by atoms with Gasteiger partial charge in [0.25, 0.3) is 0 Å². The highest BCUT2D eigenvalue weighted by atomic mass is 16.5. The monoisotopic (exact) mass is 328 g/mol. The molecule has 1 aromatic rings. The van der Waals surface area contributed by atoms with E-state index in [1.165, 1.54) is 37.7 Å². The maximum atomic E-state index is 12.2. The van der Waals surface area contributed by atoms with Gasteiger partial charge in [-0.3, -0.25) is 4.79 Å². The largest absolute Gasteiger partial charge is 0.426 e. The van der Waals surface area contributed by atoms with E-state index in [1.54, 1.807) is 0 Å². The molecule has 2 rings (SSSR count). The first-order valence-corrected chi connectivity index (χ1v) is 9.68. The molecule has 0 aliphatic heterocycles. The number of hydrogen-bond donors (Lipinski definition) is 0. The standard InChI is InChI=1S/C22H32O2/c1-3-5-9-18(4-2)12-13-19-14-16-21(17-15-19)24-22(23)20-10-7-6-8-11-20/h6-7,14-18,20H,3-5,8-13H2,1-2H3. The Hall–Kier alpha value is -1.57. The van der Waals surface area contributed by atoms with Crippen molar-refractivity contribution in [1.29, 1.82) is 0 Å². The third-order valence-corrected chi connectivity index (χ3v) is 5.13. The van der Waals surface area contributed by atoms with Gasteiger partial charge >= 0.3 is 5.97 Å². The molecular formula is C22H32O2. The van der Waals surface area contributed by atoms with Gasteiger partial charge in [-0.25, -0.2) is 0 Å². The SMILES string of the molecule is CCCCC(CC)CCc1ccc(OC(=O)C2CC=CCC2)cc1. The molecule has 0 fully saturated rings. The highest BCUT2D eigenvalue weighted by Gasteiger charge is 2.20. The van der Waals surface area contributed by atoms with Crippen LogP contribution in [0.5, 0.6) is 5.75 Å². The van der Waals surface area contributed by atoms with E-state index < -0.39 is 0 Å². The Labute approximate surface area is 147 Å². The Balaban J connectivity index is 1.79. The molecule has 2 atom stereocenters. The van der Waals surface area contributed by atoms with Gasteiger partial charge in [-0.1, -0.05) is 63.8 Å². The average molecular weight is 328 g/mol. The summed E-state index contributed by atoms with van der Waals surface area (Å²) < 4.78 is 5.54. The fraction of sp³-hybridized carbons (Fsp3) is 0.591. The second-order valence-electron chi connectivity index (χ2n) is 7.00. The van der Waals surface area contributed by atoms with Gasteiger partial charge in [-0.15, -0.1) is 0 Å². The zero-order valence-corrected chi connectivity index (χ0v) is 15.3. The van der Waals surface area contributed by atoms with Crippen molar-refractivity contribution in [2.75, 3.05) is 0 Å². The molecule has 0 amide bonds. The third-order valence-electron chi connectivity index (χ3n) is 5.13. The van der Waals surface area contributed by atoms with Crippen molar-refractivity contribution in [1.82, 2.24) is 0 Å². The maximum Gasteiger partial charge on any atom is 0.314 e. The molecule has 2 heteroatoms. The average Bonchev–Trinajstić information content (AvgIpc) is 2.64. The number of carbonyl (C=O) groups excluding carboxylic acids is 1. The minimum atomic E-state index is -0.0855. The molecule has 0 heterocycles. The summed E-state index contributed by atoms with van der Waals surface area (Å²) in [6.45, 7) is 4.56. The smallest absolute Gasteiger partial charge is 0.314 e. The minimum absolute atomic E-state index is 0.0264. The van der Waals surface area contributed by atoms with Crippen LogP contribution in [-0.4, -0.2) is 5.97 Å². The second-order valence-corrected chi connectivity index (χ2v) is 7.00. The van der Waals surface area contributed by atoms with Crippen molar-refractivity contribution in [3.8, 4) is 5.75 Å². The zero-order chi connectivity index (χ0) is 17.2. The molecule has 0 saturated carbocycles. The molecule has 2 nitrogen and oxygen atoms in total. The van der Waals surface area contributed by atoms with Crippen LogP contribution in [0.4, 0.5) is 0 Å². The number of carbonyl (C=O) groups is 1. The number of benzene rings is 1. The number of allylic oxidation sites excluding steroid dienone is 2. The number of hydrogen-bond acceptors (Lipinski definition) is 2. The van der Waals surface area contributed by atoms with Crippen molar-refractivity contribution >= 4 is 5.97 Å². The third kappa shape index (κ3) is 6.14. The van der Waals surface area contributed by atoms with E-state index in [1.807, 2.05) is 12.1 Å². The van der Waals surface area contributed by atoms with E-state index in [0.717, 1.165) is 31.6 Å². The van der Waals surface area contributed by atoms with E-state index in [9.17, 15) is 4.79 Å². The molecule has 0 radical (unpaired) electrons. The zero-order valence-electron chi connectivity index (χ0n) is 15.3. The Morgan fingerprint density at radius 3 is 2.58 bits per heavy atom. The molecule has 1 aromatic carbocycles. The normalized spacial score (nSPS) is 18.3. The lowest BCUT2D eigenvalue weighted by Crippen LogP contribution is -2.21. The first-order chi connectivity index (χ1) is 11.7. The van der Waals surface area contributed by atoms with Gasteiger partial charge < -0.3 is 4.74 Å². The van der Waals surface area contributed by atoms with E-state index in [2.05, 4.69) is 38.1 Å². The maximum absolute atomic E-state index is 12.2. The van der Waals surface area contributed by atoms with Crippen LogP contribution in [0.1, 0.15) is 70.8 Å². The highest BCUT2D eigenvalue weighted by molar-refractivity contribution is 5.75. The van der Waals surface area contributed by atoms with Crippen molar-refractivity contribution in [2.45, 2.75) is 71.6 Å². The van der Waals surface area contributed by atoms with Gasteiger partial charge in [0, 0.05) is 0 Å². The Morgan fingerprint density at radius 1 is 1.17 bits per heavy atom. The topological polar surface area (TPSA) is 26.3 Å². The van der Waals surface area contributed by atoms with E-state index in [-0.39, 0.29) is 11.9 Å². The van der Waals surface area contributed by atoms with Crippen LogP contribution >= 0.6 is 0 Å². The Bertz CT molecular complexity index is 515. The molecular weight excluding hydrogens is 296 g/mol. The van der Waals surface area contributed by atoms with Gasteiger partial charge in [0.15, 0.2) is 0 Å². The van der Waals surface area contributed by atoms with Crippen molar-refractivity contribution in [3.63, 3.8) is 0 Å². The summed E-state index contributed by atoms with van der Waals surface area (Å²) in [6, 6.07) is 8.10. The summed E-state index contributed by atoms with van der Waals surface area (Å²) in [5.74, 6) is 1.45. The molecule has 24 heavy (non-hydrogen) atoms. The first-order valence-electron chi connectivity index (χ1n) is 9.68. The molecule has 0 bridgehead atoms. The molecule has 0 N–H and O–H groups in total. The molecule has 0 aromatic heterocycles. The molecule has 2 unspecified atom stereocenters. The van der Waals surface area contributed by atoms with Crippen LogP contribution in [0, 0.1) is 11.8 Å². The van der Waals surface area contributed by atoms with Gasteiger partial charge in [0.2, 0.25) is 0 Å². The summed E-state index contributed by atoms with van der Waals surface area (Å²) in [5.41, 5.74) is 1.34. The summed E-state index contributed by atoms with van der Waals surface area (Å²) in [5, 5.41) is 0. The summed E-state index contributed by atoms with van der Waals surface area (Å²) in [4.78, 5) is 12.2. The predicted octanol–water partition coefficient (Wildman–Crippen LogP) is 6.10. The van der Waals surface area contributed by atoms with Crippen molar-refractivity contribution in [3.05, 3.63) is 42.0 Å². The fourth-order valence-electron chi connectivity index (χ4n) is 3.35. The minimum Gasteiger partial charge on any atom is -0.426 e. The predicted molar refractivity (Wildman–Crippen MR) is 100 cm³/mol. The van der Waals surface area contributed by atoms with E-state index in [4.69, 9.17) is 4.74 Å². The lowest BCUT2D eigenvalue weighted by molar-refractivity contribution is -0.139. The lowest BCUT2D eigenvalue weighted by atomic mass is 9.92. The molecule has 0 spiro atoms. The number of rotatable bonds is 9. The van der Waals surface area contributed by atoms with Crippen molar-refractivity contribution < 1.29 is 9.53 Å². The molecule has 0 saturated heterocycles. The molecule has 1 aliphatic carbocycles. The number of esters is 1. The van der Waals surface area contributed by atoms with Gasteiger partial charge in [-0.05, 0) is 55.7 Å². The lowest BCUT2D eigenvalue weighted by Gasteiger charge is -2.16. The second kappa shape index (κ2) is 10.3. The van der Waals surface area contributed by atoms with Crippen LogP contribution in [0.3, 0.4) is 0 Å². The van der Waals surface area contributed by atoms with Crippen molar-refractivity contribution in [2.24, 2.45) is 11.8 Å². The fourth-order valence-corrected chi connectivity index (χ4v) is 3.35. The van der Waals surface area contributed by atoms with Crippen LogP contribution in [0.25, 0.3) is 0 Å². The number of unbranched alkanes of at least 4 members (excludes halogenated alkanes) is 1. The first kappa shape index (κ1) is 18.8.